The first kappa shape index (κ1) is 16.0. The summed E-state index contributed by atoms with van der Waals surface area (Å²) in [5, 5.41) is 5.19. The van der Waals surface area contributed by atoms with Gasteiger partial charge in [0.2, 0.25) is 10.0 Å². The average molecular weight is 313 g/mol. The molecule has 1 aliphatic carbocycles. The summed E-state index contributed by atoms with van der Waals surface area (Å²) in [6.07, 6.45) is 4.53. The van der Waals surface area contributed by atoms with Gasteiger partial charge in [-0.2, -0.15) is 0 Å². The average Bonchev–Trinajstić information content (AvgIpc) is 2.69. The number of amides is 1. The second-order valence-electron chi connectivity index (χ2n) is 6.18. The number of aromatic nitrogens is 1. The third-order valence-electron chi connectivity index (χ3n) is 3.82. The largest absolute Gasteiger partial charge is 0.340 e. The Bertz CT molecular complexity index is 630. The highest BCUT2D eigenvalue weighted by atomic mass is 32.2. The first-order valence-corrected chi connectivity index (χ1v) is 8.75. The van der Waals surface area contributed by atoms with Gasteiger partial charge in [0.15, 0.2) is 0 Å². The number of hydrogen-bond donors (Lipinski definition) is 1. The Hall–Kier alpha value is -1.34. The number of nitrogens with two attached hydrogens (primary N) is 1. The van der Waals surface area contributed by atoms with Crippen LogP contribution in [-0.4, -0.2) is 37.4 Å². The number of carbonyl (C=O) groups is 1. The zero-order valence-corrected chi connectivity index (χ0v) is 13.6. The minimum Gasteiger partial charge on any atom is -0.340 e. The lowest BCUT2D eigenvalue weighted by Crippen LogP contribution is -2.33. The molecule has 2 N–H and O–H groups in total. The van der Waals surface area contributed by atoms with E-state index in [1.165, 1.54) is 12.3 Å². The second-order valence-corrected chi connectivity index (χ2v) is 7.74. The van der Waals surface area contributed by atoms with Gasteiger partial charge >= 0.3 is 0 Å². The maximum Gasteiger partial charge on any atom is 0.270 e. The van der Waals surface area contributed by atoms with Crippen LogP contribution in [0.2, 0.25) is 0 Å². The van der Waals surface area contributed by atoms with Gasteiger partial charge in [-0.15, -0.1) is 0 Å². The minimum absolute atomic E-state index is 0.00990. The van der Waals surface area contributed by atoms with Crippen LogP contribution in [-0.2, 0) is 10.0 Å². The molecular formula is C14H23N3O3S. The summed E-state index contributed by atoms with van der Waals surface area (Å²) in [5.41, 5.74) is 0.409. The van der Waals surface area contributed by atoms with E-state index in [4.69, 9.17) is 5.14 Å². The molecule has 1 heterocycles. The molecule has 0 unspecified atom stereocenters. The van der Waals surface area contributed by atoms with Gasteiger partial charge in [-0.3, -0.25) is 4.79 Å². The van der Waals surface area contributed by atoms with Gasteiger partial charge in [0, 0.05) is 25.8 Å². The molecule has 0 aromatic carbocycles. The molecule has 1 saturated carbocycles. The SMILES string of the molecule is CC(C)CN(C)C(=O)c1cc(S(N)(=O)=O)cn1C1CCC1. The molecule has 1 aromatic heterocycles. The van der Waals surface area contributed by atoms with E-state index in [-0.39, 0.29) is 16.8 Å². The van der Waals surface area contributed by atoms with Gasteiger partial charge in [-0.05, 0) is 31.2 Å². The predicted molar refractivity (Wildman–Crippen MR) is 80.5 cm³/mol. The third kappa shape index (κ3) is 3.47. The second kappa shape index (κ2) is 5.81. The molecule has 7 heteroatoms. The fourth-order valence-electron chi connectivity index (χ4n) is 2.57. The number of hydrogen-bond acceptors (Lipinski definition) is 3. The molecule has 1 aliphatic rings. The molecule has 0 radical (unpaired) electrons. The lowest BCUT2D eigenvalue weighted by Gasteiger charge is -2.30. The molecule has 0 atom stereocenters. The van der Waals surface area contributed by atoms with Crippen molar-refractivity contribution in [2.75, 3.05) is 13.6 Å². The molecule has 118 valence electrons. The predicted octanol–water partition coefficient (Wildman–Crippen LogP) is 1.59. The number of primary sulfonamides is 1. The summed E-state index contributed by atoms with van der Waals surface area (Å²) in [4.78, 5) is 14.2. The maximum atomic E-state index is 12.6. The van der Waals surface area contributed by atoms with Crippen molar-refractivity contribution in [3.05, 3.63) is 18.0 Å². The van der Waals surface area contributed by atoms with Gasteiger partial charge in [-0.25, -0.2) is 13.6 Å². The fraction of sp³-hybridized carbons (Fsp3) is 0.643. The first-order valence-electron chi connectivity index (χ1n) is 7.20. The normalized spacial score (nSPS) is 16.0. The lowest BCUT2D eigenvalue weighted by atomic mass is 9.93. The molecule has 0 bridgehead atoms. The molecule has 2 rings (SSSR count). The van der Waals surface area contributed by atoms with Crippen LogP contribution in [0, 0.1) is 5.92 Å². The summed E-state index contributed by atoms with van der Waals surface area (Å²) in [6.45, 7) is 4.69. The molecule has 1 fully saturated rings. The van der Waals surface area contributed by atoms with Crippen LogP contribution in [0.1, 0.15) is 49.6 Å². The minimum atomic E-state index is -3.80. The van der Waals surface area contributed by atoms with E-state index in [0.717, 1.165) is 19.3 Å². The van der Waals surface area contributed by atoms with Gasteiger partial charge < -0.3 is 9.47 Å². The molecule has 21 heavy (non-hydrogen) atoms. The summed E-state index contributed by atoms with van der Waals surface area (Å²) in [5.74, 6) is 0.189. The van der Waals surface area contributed by atoms with E-state index in [9.17, 15) is 13.2 Å². The highest BCUT2D eigenvalue weighted by Crippen LogP contribution is 2.34. The lowest BCUT2D eigenvalue weighted by molar-refractivity contribution is 0.0762. The molecule has 1 aromatic rings. The van der Waals surface area contributed by atoms with E-state index in [0.29, 0.717) is 18.2 Å². The Balaban J connectivity index is 2.36. The Morgan fingerprint density at radius 1 is 1.48 bits per heavy atom. The highest BCUT2D eigenvalue weighted by molar-refractivity contribution is 7.89. The van der Waals surface area contributed by atoms with Crippen molar-refractivity contribution in [2.24, 2.45) is 11.1 Å². The van der Waals surface area contributed by atoms with Crippen molar-refractivity contribution in [3.63, 3.8) is 0 Å². The quantitative estimate of drug-likeness (QED) is 0.895. The molecule has 0 saturated heterocycles. The van der Waals surface area contributed by atoms with Crippen molar-refractivity contribution < 1.29 is 13.2 Å². The van der Waals surface area contributed by atoms with Crippen molar-refractivity contribution in [2.45, 2.75) is 44.0 Å². The van der Waals surface area contributed by atoms with Crippen LogP contribution in [0.3, 0.4) is 0 Å². The number of nitrogens with zero attached hydrogens (tertiary/aromatic N) is 2. The van der Waals surface area contributed by atoms with Crippen molar-refractivity contribution in [3.8, 4) is 0 Å². The Kier molecular flexibility index (Phi) is 4.43. The highest BCUT2D eigenvalue weighted by Gasteiger charge is 2.28. The Labute approximate surface area is 126 Å². The molecule has 1 amide bonds. The van der Waals surface area contributed by atoms with Crippen molar-refractivity contribution in [1.29, 1.82) is 0 Å². The smallest absolute Gasteiger partial charge is 0.270 e. The molecule has 0 spiro atoms. The van der Waals surface area contributed by atoms with Gasteiger partial charge in [0.25, 0.3) is 5.91 Å². The van der Waals surface area contributed by atoms with Crippen LogP contribution in [0.15, 0.2) is 17.2 Å². The van der Waals surface area contributed by atoms with Gasteiger partial charge in [-0.1, -0.05) is 13.8 Å². The van der Waals surface area contributed by atoms with Crippen LogP contribution < -0.4 is 5.14 Å². The number of carbonyl (C=O) groups excluding carboxylic acids is 1. The monoisotopic (exact) mass is 313 g/mol. The van der Waals surface area contributed by atoms with Crippen LogP contribution in [0.4, 0.5) is 0 Å². The van der Waals surface area contributed by atoms with Crippen molar-refractivity contribution in [1.82, 2.24) is 9.47 Å². The van der Waals surface area contributed by atoms with Crippen LogP contribution in [0.5, 0.6) is 0 Å². The third-order valence-corrected chi connectivity index (χ3v) is 4.71. The summed E-state index contributed by atoms with van der Waals surface area (Å²) < 4.78 is 24.9. The fourth-order valence-corrected chi connectivity index (χ4v) is 3.11. The van der Waals surface area contributed by atoms with E-state index in [1.54, 1.807) is 16.5 Å². The Morgan fingerprint density at radius 2 is 2.10 bits per heavy atom. The molecule has 6 nitrogen and oxygen atoms in total. The van der Waals surface area contributed by atoms with Gasteiger partial charge in [0.05, 0.1) is 0 Å². The van der Waals surface area contributed by atoms with Crippen molar-refractivity contribution >= 4 is 15.9 Å². The van der Waals surface area contributed by atoms with Gasteiger partial charge in [0.1, 0.15) is 10.6 Å². The Morgan fingerprint density at radius 3 is 2.52 bits per heavy atom. The first-order chi connectivity index (χ1) is 9.70. The summed E-state index contributed by atoms with van der Waals surface area (Å²) in [7, 11) is -2.06. The topological polar surface area (TPSA) is 85.4 Å². The zero-order chi connectivity index (χ0) is 15.8. The van der Waals surface area contributed by atoms with E-state index < -0.39 is 10.0 Å². The van der Waals surface area contributed by atoms with Crippen LogP contribution >= 0.6 is 0 Å². The summed E-state index contributed by atoms with van der Waals surface area (Å²) >= 11 is 0. The van der Waals surface area contributed by atoms with E-state index in [1.807, 2.05) is 13.8 Å². The maximum absolute atomic E-state index is 12.6. The van der Waals surface area contributed by atoms with E-state index >= 15 is 0 Å². The molecule has 0 aliphatic heterocycles. The number of sulfonamides is 1. The van der Waals surface area contributed by atoms with Crippen LogP contribution in [0.25, 0.3) is 0 Å². The van der Waals surface area contributed by atoms with E-state index in [2.05, 4.69) is 0 Å². The summed E-state index contributed by atoms with van der Waals surface area (Å²) in [6, 6.07) is 1.60. The number of rotatable bonds is 5. The molecular weight excluding hydrogens is 290 g/mol. The standard InChI is InChI=1S/C14H23N3O3S/c1-10(2)8-16(3)14(18)13-7-12(21(15,19)20)9-17(13)11-5-4-6-11/h7,9-11H,4-6,8H2,1-3H3,(H2,15,19,20). The zero-order valence-electron chi connectivity index (χ0n) is 12.7.